The third-order valence-electron chi connectivity index (χ3n) is 4.52. The number of carbonyl (C=O) groups is 1. The van der Waals surface area contributed by atoms with Crippen molar-refractivity contribution >= 4 is 5.91 Å². The predicted molar refractivity (Wildman–Crippen MR) is 97.1 cm³/mol. The fourth-order valence-electron chi connectivity index (χ4n) is 2.96. The molecule has 0 atom stereocenters. The van der Waals surface area contributed by atoms with E-state index in [1.54, 1.807) is 13.2 Å². The van der Waals surface area contributed by atoms with Gasteiger partial charge in [-0.25, -0.2) is 4.98 Å². The first-order valence-electron chi connectivity index (χ1n) is 8.73. The highest BCUT2D eigenvalue weighted by atomic mass is 16.5. The SMILES string of the molecule is COc1cccc(-c2cc(C(=O)NCCn3ccnc3C3CC3)[nH]n2)c1. The van der Waals surface area contributed by atoms with Crippen LogP contribution in [0.15, 0.2) is 42.7 Å². The molecule has 26 heavy (non-hydrogen) atoms. The van der Waals surface area contributed by atoms with E-state index in [1.165, 1.54) is 12.8 Å². The first kappa shape index (κ1) is 16.4. The normalized spacial score (nSPS) is 13.6. The molecule has 1 aliphatic rings. The lowest BCUT2D eigenvalue weighted by atomic mass is 10.1. The zero-order valence-corrected chi connectivity index (χ0v) is 14.6. The smallest absolute Gasteiger partial charge is 0.269 e. The molecule has 7 nitrogen and oxygen atoms in total. The molecule has 1 saturated carbocycles. The van der Waals surface area contributed by atoms with Crippen molar-refractivity contribution in [3.63, 3.8) is 0 Å². The number of carbonyl (C=O) groups excluding carboxylic acids is 1. The second-order valence-electron chi connectivity index (χ2n) is 6.41. The molecule has 1 amide bonds. The summed E-state index contributed by atoms with van der Waals surface area (Å²) in [7, 11) is 1.62. The number of hydrogen-bond donors (Lipinski definition) is 2. The van der Waals surface area contributed by atoms with Crippen LogP contribution in [0.2, 0.25) is 0 Å². The number of rotatable bonds is 7. The monoisotopic (exact) mass is 351 g/mol. The third kappa shape index (κ3) is 3.46. The van der Waals surface area contributed by atoms with Gasteiger partial charge in [0.2, 0.25) is 0 Å². The Labute approximate surface area is 151 Å². The van der Waals surface area contributed by atoms with Crippen LogP contribution in [-0.2, 0) is 6.54 Å². The second kappa shape index (κ2) is 7.03. The van der Waals surface area contributed by atoms with E-state index in [1.807, 2.05) is 36.7 Å². The van der Waals surface area contributed by atoms with Crippen molar-refractivity contribution in [2.75, 3.05) is 13.7 Å². The van der Waals surface area contributed by atoms with Crippen LogP contribution in [-0.4, -0.2) is 39.3 Å². The maximum absolute atomic E-state index is 12.3. The summed E-state index contributed by atoms with van der Waals surface area (Å²) in [4.78, 5) is 16.7. The average molecular weight is 351 g/mol. The number of nitrogens with zero attached hydrogens (tertiary/aromatic N) is 3. The topological polar surface area (TPSA) is 84.8 Å². The first-order valence-corrected chi connectivity index (χ1v) is 8.73. The number of H-pyrrole nitrogens is 1. The lowest BCUT2D eigenvalue weighted by molar-refractivity contribution is 0.0947. The predicted octanol–water partition coefficient (Wildman–Crippen LogP) is 2.59. The Kier molecular flexibility index (Phi) is 4.43. The van der Waals surface area contributed by atoms with Gasteiger partial charge in [0.05, 0.1) is 12.8 Å². The molecule has 1 aliphatic carbocycles. The van der Waals surface area contributed by atoms with Crippen molar-refractivity contribution < 1.29 is 9.53 Å². The number of nitrogens with one attached hydrogen (secondary N) is 2. The van der Waals surface area contributed by atoms with Crippen LogP contribution in [0.5, 0.6) is 5.75 Å². The summed E-state index contributed by atoms with van der Waals surface area (Å²) in [5.74, 6) is 2.31. The molecule has 4 rings (SSSR count). The van der Waals surface area contributed by atoms with E-state index in [0.29, 0.717) is 30.4 Å². The standard InChI is InChI=1S/C19H21N5O2/c1-26-15-4-2-3-14(11-15)16-12-17(23-22-16)19(25)21-8-10-24-9-7-20-18(24)13-5-6-13/h2-4,7,9,11-13H,5-6,8,10H2,1H3,(H,21,25)(H,22,23). The highest BCUT2D eigenvalue weighted by Crippen LogP contribution is 2.38. The van der Waals surface area contributed by atoms with Gasteiger partial charge in [-0.1, -0.05) is 12.1 Å². The Bertz CT molecular complexity index is 910. The van der Waals surface area contributed by atoms with Crippen LogP contribution in [0.4, 0.5) is 0 Å². The van der Waals surface area contributed by atoms with E-state index in [0.717, 1.165) is 17.1 Å². The molecule has 0 spiro atoms. The van der Waals surface area contributed by atoms with Gasteiger partial charge in [-0.3, -0.25) is 9.89 Å². The molecule has 1 aromatic carbocycles. The summed E-state index contributed by atoms with van der Waals surface area (Å²) in [6, 6.07) is 9.33. The van der Waals surface area contributed by atoms with Crippen molar-refractivity contribution in [1.82, 2.24) is 25.1 Å². The number of ether oxygens (including phenoxy) is 1. The van der Waals surface area contributed by atoms with Gasteiger partial charge in [0.25, 0.3) is 5.91 Å². The molecule has 0 aliphatic heterocycles. The van der Waals surface area contributed by atoms with Gasteiger partial charge < -0.3 is 14.6 Å². The molecule has 134 valence electrons. The van der Waals surface area contributed by atoms with Crippen molar-refractivity contribution in [2.24, 2.45) is 0 Å². The van der Waals surface area contributed by atoms with Crippen molar-refractivity contribution in [3.8, 4) is 17.0 Å². The number of aromatic amines is 1. The highest BCUT2D eigenvalue weighted by molar-refractivity contribution is 5.93. The molecule has 0 radical (unpaired) electrons. The van der Waals surface area contributed by atoms with E-state index in [4.69, 9.17) is 4.74 Å². The minimum Gasteiger partial charge on any atom is -0.497 e. The van der Waals surface area contributed by atoms with Crippen LogP contribution >= 0.6 is 0 Å². The Morgan fingerprint density at radius 2 is 2.27 bits per heavy atom. The molecule has 0 unspecified atom stereocenters. The summed E-state index contributed by atoms with van der Waals surface area (Å²) in [6.45, 7) is 1.26. The average Bonchev–Trinajstić information content (AvgIpc) is 3.20. The van der Waals surface area contributed by atoms with E-state index < -0.39 is 0 Å². The zero-order valence-electron chi connectivity index (χ0n) is 14.6. The molecule has 2 heterocycles. The Balaban J connectivity index is 1.36. The van der Waals surface area contributed by atoms with E-state index in [-0.39, 0.29) is 5.91 Å². The zero-order chi connectivity index (χ0) is 17.9. The van der Waals surface area contributed by atoms with Crippen molar-refractivity contribution in [3.05, 3.63) is 54.2 Å². The van der Waals surface area contributed by atoms with Gasteiger partial charge >= 0.3 is 0 Å². The molecule has 7 heteroatoms. The van der Waals surface area contributed by atoms with Crippen LogP contribution in [0, 0.1) is 0 Å². The largest absolute Gasteiger partial charge is 0.497 e. The molecular weight excluding hydrogens is 330 g/mol. The van der Waals surface area contributed by atoms with Crippen LogP contribution in [0.25, 0.3) is 11.3 Å². The number of imidazole rings is 1. The Hall–Kier alpha value is -3.09. The van der Waals surface area contributed by atoms with Gasteiger partial charge in [0.1, 0.15) is 17.3 Å². The van der Waals surface area contributed by atoms with E-state index in [9.17, 15) is 4.79 Å². The van der Waals surface area contributed by atoms with Crippen LogP contribution in [0.3, 0.4) is 0 Å². The van der Waals surface area contributed by atoms with Crippen molar-refractivity contribution in [1.29, 1.82) is 0 Å². The minimum absolute atomic E-state index is 0.167. The Morgan fingerprint density at radius 3 is 3.08 bits per heavy atom. The maximum atomic E-state index is 12.3. The summed E-state index contributed by atoms with van der Waals surface area (Å²) < 4.78 is 7.34. The number of methoxy groups -OCH3 is 1. The highest BCUT2D eigenvalue weighted by Gasteiger charge is 2.27. The number of aromatic nitrogens is 4. The number of amides is 1. The molecule has 2 N–H and O–H groups in total. The third-order valence-corrected chi connectivity index (χ3v) is 4.52. The molecule has 0 saturated heterocycles. The van der Waals surface area contributed by atoms with Crippen LogP contribution in [0.1, 0.15) is 35.1 Å². The molecular formula is C19H21N5O2. The lowest BCUT2D eigenvalue weighted by Crippen LogP contribution is -2.27. The summed E-state index contributed by atoms with van der Waals surface area (Å²) >= 11 is 0. The fourth-order valence-corrected chi connectivity index (χ4v) is 2.96. The van der Waals surface area contributed by atoms with Gasteiger partial charge in [0, 0.05) is 37.0 Å². The summed E-state index contributed by atoms with van der Waals surface area (Å²) in [5, 5.41) is 9.96. The van der Waals surface area contributed by atoms with E-state index >= 15 is 0 Å². The van der Waals surface area contributed by atoms with Crippen LogP contribution < -0.4 is 10.1 Å². The Morgan fingerprint density at radius 1 is 1.38 bits per heavy atom. The van der Waals surface area contributed by atoms with Gasteiger partial charge in [0.15, 0.2) is 0 Å². The molecule has 0 bridgehead atoms. The van der Waals surface area contributed by atoms with E-state index in [2.05, 4.69) is 25.1 Å². The summed E-state index contributed by atoms with van der Waals surface area (Å²) in [5.41, 5.74) is 2.04. The first-order chi connectivity index (χ1) is 12.7. The van der Waals surface area contributed by atoms with Gasteiger partial charge in [-0.2, -0.15) is 5.10 Å². The molecule has 2 aromatic heterocycles. The quantitative estimate of drug-likeness (QED) is 0.685. The van der Waals surface area contributed by atoms with Crippen molar-refractivity contribution in [2.45, 2.75) is 25.3 Å². The second-order valence-corrected chi connectivity index (χ2v) is 6.41. The fraction of sp³-hybridized carbons (Fsp3) is 0.316. The molecule has 3 aromatic rings. The van der Waals surface area contributed by atoms with Gasteiger partial charge in [-0.05, 0) is 31.0 Å². The number of benzene rings is 1. The molecule has 1 fully saturated rings. The summed E-state index contributed by atoms with van der Waals surface area (Å²) in [6.07, 6.45) is 6.22. The maximum Gasteiger partial charge on any atom is 0.269 e. The number of hydrogen-bond acceptors (Lipinski definition) is 4. The lowest BCUT2D eigenvalue weighted by Gasteiger charge is -2.07. The van der Waals surface area contributed by atoms with Gasteiger partial charge in [-0.15, -0.1) is 0 Å². The minimum atomic E-state index is -0.167.